The molecule has 1 aliphatic heterocycles. The second-order valence-corrected chi connectivity index (χ2v) is 6.26. The number of nitrogens with two attached hydrogens (primary N) is 1. The van der Waals surface area contributed by atoms with E-state index in [1.807, 2.05) is 29.9 Å². The van der Waals surface area contributed by atoms with Gasteiger partial charge in [0.25, 0.3) is 0 Å². The molecule has 3 rings (SSSR count). The molecular formula is C16H23N5. The number of aromatic nitrogens is 3. The summed E-state index contributed by atoms with van der Waals surface area (Å²) in [5, 5.41) is 12.0. The molecule has 21 heavy (non-hydrogen) atoms. The zero-order valence-corrected chi connectivity index (χ0v) is 12.7. The molecule has 0 amide bonds. The van der Waals surface area contributed by atoms with Crippen molar-refractivity contribution in [2.75, 3.05) is 18.8 Å². The lowest BCUT2D eigenvalue weighted by molar-refractivity contribution is 0.266. The minimum atomic E-state index is 0.636. The third kappa shape index (κ3) is 3.24. The van der Waals surface area contributed by atoms with E-state index in [0.717, 1.165) is 48.1 Å². The van der Waals surface area contributed by atoms with E-state index in [0.29, 0.717) is 5.92 Å². The van der Waals surface area contributed by atoms with Crippen LogP contribution in [-0.4, -0.2) is 28.1 Å². The van der Waals surface area contributed by atoms with E-state index >= 15 is 0 Å². The van der Waals surface area contributed by atoms with Crippen LogP contribution in [0.5, 0.6) is 0 Å². The van der Waals surface area contributed by atoms with E-state index in [-0.39, 0.29) is 0 Å². The van der Waals surface area contributed by atoms with Crippen LogP contribution in [0.3, 0.4) is 0 Å². The van der Waals surface area contributed by atoms with Crippen molar-refractivity contribution in [3.05, 3.63) is 30.0 Å². The van der Waals surface area contributed by atoms with E-state index in [2.05, 4.69) is 28.6 Å². The highest BCUT2D eigenvalue weighted by atomic mass is 15.4. The van der Waals surface area contributed by atoms with Gasteiger partial charge in [0.05, 0.1) is 6.20 Å². The minimum absolute atomic E-state index is 0.636. The third-order valence-corrected chi connectivity index (χ3v) is 4.21. The van der Waals surface area contributed by atoms with Crippen LogP contribution in [0.4, 0.5) is 5.69 Å². The smallest absolute Gasteiger partial charge is 0.113 e. The summed E-state index contributed by atoms with van der Waals surface area (Å²) in [5.74, 6) is 1.38. The molecule has 2 heterocycles. The first-order valence-electron chi connectivity index (χ1n) is 7.59. The zero-order valence-electron chi connectivity index (χ0n) is 12.7. The molecule has 1 saturated heterocycles. The fourth-order valence-corrected chi connectivity index (χ4v) is 3.03. The summed E-state index contributed by atoms with van der Waals surface area (Å²) in [6, 6.07) is 5.99. The molecule has 1 fully saturated rings. The molecule has 0 radical (unpaired) electrons. The topological polar surface area (TPSA) is 68.8 Å². The van der Waals surface area contributed by atoms with Gasteiger partial charge >= 0.3 is 0 Å². The maximum Gasteiger partial charge on any atom is 0.113 e. The number of piperidine rings is 1. The Morgan fingerprint density at radius 3 is 3.00 bits per heavy atom. The Labute approximate surface area is 125 Å². The van der Waals surface area contributed by atoms with Crippen molar-refractivity contribution in [2.24, 2.45) is 11.8 Å². The molecule has 112 valence electrons. The van der Waals surface area contributed by atoms with E-state index in [4.69, 9.17) is 5.73 Å². The third-order valence-electron chi connectivity index (χ3n) is 4.21. The van der Waals surface area contributed by atoms with Crippen molar-refractivity contribution in [3.8, 4) is 11.3 Å². The summed E-state index contributed by atoms with van der Waals surface area (Å²) in [5.41, 5.74) is 9.73. The van der Waals surface area contributed by atoms with Gasteiger partial charge < -0.3 is 11.1 Å². The van der Waals surface area contributed by atoms with Crippen LogP contribution in [0, 0.1) is 18.8 Å². The van der Waals surface area contributed by atoms with E-state index in [9.17, 15) is 0 Å². The Morgan fingerprint density at radius 1 is 1.38 bits per heavy atom. The molecule has 0 aliphatic carbocycles. The van der Waals surface area contributed by atoms with Gasteiger partial charge in [0.15, 0.2) is 0 Å². The zero-order chi connectivity index (χ0) is 14.8. The normalized spacial score (nSPS) is 22.4. The lowest BCUT2D eigenvalue weighted by Crippen LogP contribution is -2.37. The Bertz CT molecular complexity index is 619. The fraction of sp³-hybridized carbons (Fsp3) is 0.500. The maximum atomic E-state index is 5.86. The predicted molar refractivity (Wildman–Crippen MR) is 84.7 cm³/mol. The number of nitrogen functional groups attached to an aromatic ring is 1. The van der Waals surface area contributed by atoms with Crippen molar-refractivity contribution >= 4 is 5.69 Å². The van der Waals surface area contributed by atoms with Gasteiger partial charge in [-0.1, -0.05) is 18.2 Å². The first-order chi connectivity index (χ1) is 10.1. The Hall–Kier alpha value is -1.88. The number of benzene rings is 1. The van der Waals surface area contributed by atoms with Crippen molar-refractivity contribution in [2.45, 2.75) is 26.8 Å². The van der Waals surface area contributed by atoms with Gasteiger partial charge in [-0.25, -0.2) is 0 Å². The summed E-state index contributed by atoms with van der Waals surface area (Å²) in [6.07, 6.45) is 3.29. The number of nitrogens with zero attached hydrogens (tertiary/aromatic N) is 3. The second-order valence-electron chi connectivity index (χ2n) is 6.26. The first-order valence-corrected chi connectivity index (χ1v) is 7.59. The summed E-state index contributed by atoms with van der Waals surface area (Å²) >= 11 is 0. The molecule has 0 saturated carbocycles. The molecule has 0 spiro atoms. The van der Waals surface area contributed by atoms with Gasteiger partial charge in [-0.05, 0) is 56.0 Å². The van der Waals surface area contributed by atoms with Gasteiger partial charge in [0.2, 0.25) is 0 Å². The van der Waals surface area contributed by atoms with Gasteiger partial charge in [0, 0.05) is 17.8 Å². The molecule has 2 aromatic rings. The van der Waals surface area contributed by atoms with E-state index in [1.54, 1.807) is 0 Å². The molecular weight excluding hydrogens is 262 g/mol. The highest BCUT2D eigenvalue weighted by molar-refractivity contribution is 5.63. The molecule has 5 heteroatoms. The average Bonchev–Trinajstić information content (AvgIpc) is 2.90. The molecule has 3 N–H and O–H groups in total. The van der Waals surface area contributed by atoms with Crippen LogP contribution in [0.2, 0.25) is 0 Å². The average molecular weight is 285 g/mol. The number of hydrogen-bond acceptors (Lipinski definition) is 4. The molecule has 2 atom stereocenters. The van der Waals surface area contributed by atoms with Crippen LogP contribution >= 0.6 is 0 Å². The molecule has 1 aromatic heterocycles. The fourth-order valence-electron chi connectivity index (χ4n) is 3.03. The number of rotatable bonds is 3. The summed E-state index contributed by atoms with van der Waals surface area (Å²) in [6.45, 7) is 7.43. The molecule has 1 aromatic carbocycles. The number of nitrogens with one attached hydrogen (secondary N) is 1. The van der Waals surface area contributed by atoms with Crippen molar-refractivity contribution < 1.29 is 0 Å². The lowest BCUT2D eigenvalue weighted by atomic mass is 9.92. The van der Waals surface area contributed by atoms with Crippen LogP contribution in [0.1, 0.15) is 18.9 Å². The van der Waals surface area contributed by atoms with Gasteiger partial charge in [-0.2, -0.15) is 0 Å². The van der Waals surface area contributed by atoms with Crippen molar-refractivity contribution in [3.63, 3.8) is 0 Å². The Balaban J connectivity index is 1.72. The van der Waals surface area contributed by atoms with Gasteiger partial charge in [-0.3, -0.25) is 4.68 Å². The molecule has 5 nitrogen and oxygen atoms in total. The van der Waals surface area contributed by atoms with E-state index < -0.39 is 0 Å². The largest absolute Gasteiger partial charge is 0.399 e. The van der Waals surface area contributed by atoms with E-state index in [1.165, 1.54) is 6.42 Å². The van der Waals surface area contributed by atoms with Gasteiger partial charge in [0.1, 0.15) is 5.69 Å². The van der Waals surface area contributed by atoms with Crippen molar-refractivity contribution in [1.82, 2.24) is 20.3 Å². The quantitative estimate of drug-likeness (QED) is 0.847. The number of hydrogen-bond donors (Lipinski definition) is 2. The van der Waals surface area contributed by atoms with Crippen LogP contribution in [-0.2, 0) is 6.54 Å². The van der Waals surface area contributed by atoms with Crippen LogP contribution in [0.15, 0.2) is 24.4 Å². The highest BCUT2D eigenvalue weighted by Crippen LogP contribution is 2.22. The summed E-state index contributed by atoms with van der Waals surface area (Å²) in [4.78, 5) is 0. The van der Waals surface area contributed by atoms with Crippen LogP contribution < -0.4 is 11.1 Å². The number of aryl methyl sites for hydroxylation is 1. The van der Waals surface area contributed by atoms with Crippen LogP contribution in [0.25, 0.3) is 11.3 Å². The SMILES string of the molecule is Cc1cc(-c2cn(CC3CNCC(C)C3)nn2)ccc1N. The first kappa shape index (κ1) is 14.1. The minimum Gasteiger partial charge on any atom is -0.399 e. The predicted octanol–water partition coefficient (Wildman–Crippen LogP) is 2.08. The summed E-state index contributed by atoms with van der Waals surface area (Å²) < 4.78 is 1.96. The maximum absolute atomic E-state index is 5.86. The molecule has 1 aliphatic rings. The number of anilines is 1. The molecule has 0 bridgehead atoms. The Morgan fingerprint density at radius 2 is 2.24 bits per heavy atom. The van der Waals surface area contributed by atoms with Crippen molar-refractivity contribution in [1.29, 1.82) is 0 Å². The second kappa shape index (κ2) is 5.85. The monoisotopic (exact) mass is 285 g/mol. The lowest BCUT2D eigenvalue weighted by Gasteiger charge is -2.27. The standard InChI is InChI=1S/C16H23N5/c1-11-5-13(8-18-7-11)9-21-10-16(19-20-21)14-3-4-15(17)12(2)6-14/h3-4,6,10-11,13,18H,5,7-9,17H2,1-2H3. The molecule has 2 unspecified atom stereocenters. The van der Waals surface area contributed by atoms with Gasteiger partial charge in [-0.15, -0.1) is 5.10 Å². The summed E-state index contributed by atoms with van der Waals surface area (Å²) in [7, 11) is 0. The Kier molecular flexibility index (Phi) is 3.92. The highest BCUT2D eigenvalue weighted by Gasteiger charge is 2.19.